The fraction of sp³-hybridized carbons (Fsp3) is 0.476. The number of hydrogen-bond acceptors (Lipinski definition) is 4. The molecule has 1 aromatic carbocycles. The predicted molar refractivity (Wildman–Crippen MR) is 121 cm³/mol. The Kier molecular flexibility index (Phi) is 7.50. The molecule has 1 aliphatic heterocycles. The lowest BCUT2D eigenvalue weighted by Crippen LogP contribution is -2.43. The molecule has 168 valence electrons. The SMILES string of the molecule is CN=C(NCCN1C(=O)C2C3C=CC(C3)C2C1=O)NCc1ccccc1OC(F)F.I. The number of alkyl halides is 2. The van der Waals surface area contributed by atoms with Gasteiger partial charge in [0.1, 0.15) is 5.75 Å². The van der Waals surface area contributed by atoms with Gasteiger partial charge < -0.3 is 15.4 Å². The van der Waals surface area contributed by atoms with Gasteiger partial charge in [-0.2, -0.15) is 8.78 Å². The highest BCUT2D eigenvalue weighted by Gasteiger charge is 2.58. The topological polar surface area (TPSA) is 83.0 Å². The van der Waals surface area contributed by atoms with Crippen LogP contribution in [0.15, 0.2) is 41.4 Å². The number of amides is 2. The summed E-state index contributed by atoms with van der Waals surface area (Å²) in [5, 5.41) is 6.09. The second-order valence-electron chi connectivity index (χ2n) is 7.67. The molecule has 7 nitrogen and oxygen atoms in total. The molecule has 0 spiro atoms. The summed E-state index contributed by atoms with van der Waals surface area (Å²) in [6, 6.07) is 6.51. The standard InChI is InChI=1S/C21H24F2N4O3.HI/c1-24-21(26-11-14-4-2-3-5-15(14)30-20(22)23)25-8-9-27-18(28)16-12-6-7-13(10-12)17(16)19(27)29;/h2-7,12-13,16-17,20H,8-11H2,1H3,(H2,24,25,26);1H. The molecule has 4 unspecified atom stereocenters. The molecule has 1 saturated heterocycles. The highest BCUT2D eigenvalue weighted by molar-refractivity contribution is 14.0. The van der Waals surface area contributed by atoms with Crippen molar-refractivity contribution in [3.05, 3.63) is 42.0 Å². The van der Waals surface area contributed by atoms with E-state index in [2.05, 4.69) is 32.5 Å². The molecule has 31 heavy (non-hydrogen) atoms. The van der Waals surface area contributed by atoms with Crippen LogP contribution in [0, 0.1) is 23.7 Å². The largest absolute Gasteiger partial charge is 0.434 e. The maximum Gasteiger partial charge on any atom is 0.387 e. The molecule has 1 saturated carbocycles. The average molecular weight is 546 g/mol. The monoisotopic (exact) mass is 546 g/mol. The third-order valence-electron chi connectivity index (χ3n) is 6.05. The first kappa shape index (κ1) is 23.4. The molecule has 2 fully saturated rings. The number of nitrogens with one attached hydrogen (secondary N) is 2. The minimum atomic E-state index is -2.90. The Hall–Kier alpha value is -2.24. The smallest absolute Gasteiger partial charge is 0.387 e. The summed E-state index contributed by atoms with van der Waals surface area (Å²) in [6.45, 7) is -2.07. The Balaban J connectivity index is 0.00000272. The van der Waals surface area contributed by atoms with Crippen molar-refractivity contribution in [3.63, 3.8) is 0 Å². The molecule has 4 rings (SSSR count). The summed E-state index contributed by atoms with van der Waals surface area (Å²) in [5.74, 6) is 0.363. The van der Waals surface area contributed by atoms with E-state index < -0.39 is 6.61 Å². The molecule has 2 amide bonds. The predicted octanol–water partition coefficient (Wildman–Crippen LogP) is 2.38. The highest BCUT2D eigenvalue weighted by atomic mass is 127. The summed E-state index contributed by atoms with van der Waals surface area (Å²) in [4.78, 5) is 30.8. The molecular weight excluding hydrogens is 521 g/mol. The number of carbonyl (C=O) groups excluding carboxylic acids is 2. The van der Waals surface area contributed by atoms with Crippen molar-refractivity contribution >= 4 is 41.8 Å². The number of para-hydroxylation sites is 1. The van der Waals surface area contributed by atoms with Crippen molar-refractivity contribution in [2.75, 3.05) is 20.1 Å². The lowest BCUT2D eigenvalue weighted by Gasteiger charge is -2.19. The third kappa shape index (κ3) is 4.68. The summed E-state index contributed by atoms with van der Waals surface area (Å²) in [6.07, 6.45) is 5.05. The number of rotatable bonds is 7. The summed E-state index contributed by atoms with van der Waals surface area (Å²) < 4.78 is 29.6. The number of carbonyl (C=O) groups is 2. The number of benzene rings is 1. The van der Waals surface area contributed by atoms with E-state index in [-0.39, 0.29) is 78.3 Å². The van der Waals surface area contributed by atoms with Crippen LogP contribution in [-0.4, -0.2) is 49.4 Å². The van der Waals surface area contributed by atoms with Crippen LogP contribution in [0.4, 0.5) is 8.78 Å². The molecule has 0 radical (unpaired) electrons. The second-order valence-corrected chi connectivity index (χ2v) is 7.67. The van der Waals surface area contributed by atoms with Crippen molar-refractivity contribution in [1.82, 2.24) is 15.5 Å². The van der Waals surface area contributed by atoms with Crippen LogP contribution in [0.5, 0.6) is 5.75 Å². The number of allylic oxidation sites excluding steroid dienone is 2. The molecule has 1 heterocycles. The van der Waals surface area contributed by atoms with Crippen LogP contribution in [0.2, 0.25) is 0 Å². The number of hydrogen-bond donors (Lipinski definition) is 2. The summed E-state index contributed by atoms with van der Waals surface area (Å²) in [7, 11) is 1.58. The first-order valence-corrected chi connectivity index (χ1v) is 10.0. The van der Waals surface area contributed by atoms with E-state index in [4.69, 9.17) is 0 Å². The first-order chi connectivity index (χ1) is 14.5. The van der Waals surface area contributed by atoms with Gasteiger partial charge in [-0.1, -0.05) is 30.4 Å². The van der Waals surface area contributed by atoms with Gasteiger partial charge in [0.15, 0.2) is 5.96 Å². The van der Waals surface area contributed by atoms with Gasteiger partial charge in [-0.05, 0) is 24.3 Å². The van der Waals surface area contributed by atoms with Crippen LogP contribution in [0.1, 0.15) is 12.0 Å². The van der Waals surface area contributed by atoms with Gasteiger partial charge >= 0.3 is 6.61 Å². The fourth-order valence-electron chi connectivity index (χ4n) is 4.73. The van der Waals surface area contributed by atoms with E-state index in [9.17, 15) is 18.4 Å². The maximum absolute atomic E-state index is 12.7. The van der Waals surface area contributed by atoms with Crippen LogP contribution < -0.4 is 15.4 Å². The van der Waals surface area contributed by atoms with Crippen LogP contribution in [-0.2, 0) is 16.1 Å². The Morgan fingerprint density at radius 1 is 1.16 bits per heavy atom. The third-order valence-corrected chi connectivity index (χ3v) is 6.05. The van der Waals surface area contributed by atoms with E-state index in [1.165, 1.54) is 11.0 Å². The number of aliphatic imine (C=N–C) groups is 1. The Morgan fingerprint density at radius 3 is 2.42 bits per heavy atom. The molecule has 2 N–H and O–H groups in total. The first-order valence-electron chi connectivity index (χ1n) is 10.0. The number of ether oxygens (including phenoxy) is 1. The number of fused-ring (bicyclic) bond motifs is 5. The normalized spacial score (nSPS) is 26.3. The van der Waals surface area contributed by atoms with Gasteiger partial charge in [0.05, 0.1) is 11.8 Å². The number of nitrogens with zero attached hydrogens (tertiary/aromatic N) is 2. The van der Waals surface area contributed by atoms with Crippen molar-refractivity contribution in [1.29, 1.82) is 0 Å². The lowest BCUT2D eigenvalue weighted by molar-refractivity contribution is -0.140. The molecule has 2 aliphatic carbocycles. The zero-order valence-corrected chi connectivity index (χ0v) is 19.3. The second kappa shape index (κ2) is 9.92. The van der Waals surface area contributed by atoms with Crippen molar-refractivity contribution < 1.29 is 23.1 Å². The molecule has 1 aromatic rings. The number of halogens is 3. The highest BCUT2D eigenvalue weighted by Crippen LogP contribution is 2.52. The summed E-state index contributed by atoms with van der Waals surface area (Å²) in [5.41, 5.74) is 0.557. The van der Waals surface area contributed by atoms with Gasteiger partial charge in [0.25, 0.3) is 0 Å². The number of imide groups is 1. The quantitative estimate of drug-likeness (QED) is 0.181. The Labute approximate surface area is 196 Å². The van der Waals surface area contributed by atoms with Gasteiger partial charge in [-0.25, -0.2) is 0 Å². The van der Waals surface area contributed by atoms with Gasteiger partial charge in [0.2, 0.25) is 11.8 Å². The Morgan fingerprint density at radius 2 is 1.81 bits per heavy atom. The van der Waals surface area contributed by atoms with Gasteiger partial charge in [-0.3, -0.25) is 19.5 Å². The van der Waals surface area contributed by atoms with Crippen LogP contribution in [0.25, 0.3) is 0 Å². The molecule has 3 aliphatic rings. The zero-order valence-electron chi connectivity index (χ0n) is 17.0. The van der Waals surface area contributed by atoms with Crippen molar-refractivity contribution in [2.24, 2.45) is 28.7 Å². The van der Waals surface area contributed by atoms with Crippen LogP contribution in [0.3, 0.4) is 0 Å². The van der Waals surface area contributed by atoms with E-state index in [0.717, 1.165) is 6.42 Å². The lowest BCUT2D eigenvalue weighted by atomic mass is 9.85. The van der Waals surface area contributed by atoms with Crippen molar-refractivity contribution in [2.45, 2.75) is 19.6 Å². The minimum Gasteiger partial charge on any atom is -0.434 e. The minimum absolute atomic E-state index is 0. The Bertz CT molecular complexity index is 865. The number of guanidine groups is 1. The molecule has 10 heteroatoms. The van der Waals surface area contributed by atoms with Gasteiger partial charge in [-0.15, -0.1) is 24.0 Å². The zero-order chi connectivity index (χ0) is 21.3. The molecule has 0 aromatic heterocycles. The molecule has 4 atom stereocenters. The molecular formula is C21H25F2IN4O3. The fourth-order valence-corrected chi connectivity index (χ4v) is 4.73. The van der Waals surface area contributed by atoms with Crippen LogP contribution >= 0.6 is 24.0 Å². The van der Waals surface area contributed by atoms with E-state index in [0.29, 0.717) is 18.1 Å². The molecule has 2 bridgehead atoms. The average Bonchev–Trinajstić information content (AvgIpc) is 3.40. The van der Waals surface area contributed by atoms with Crippen molar-refractivity contribution in [3.8, 4) is 5.75 Å². The maximum atomic E-state index is 12.7. The van der Waals surface area contributed by atoms with E-state index in [1.54, 1.807) is 25.2 Å². The van der Waals surface area contributed by atoms with E-state index >= 15 is 0 Å². The van der Waals surface area contributed by atoms with E-state index in [1.807, 2.05) is 0 Å². The number of likely N-dealkylation sites (tertiary alicyclic amines) is 1. The summed E-state index contributed by atoms with van der Waals surface area (Å²) >= 11 is 0. The van der Waals surface area contributed by atoms with Gasteiger partial charge in [0, 0.05) is 32.2 Å².